The highest BCUT2D eigenvalue weighted by molar-refractivity contribution is 6.62. The van der Waals surface area contributed by atoms with Gasteiger partial charge in [0.1, 0.15) is 11.4 Å². The Balaban J connectivity index is 0.925. The molecule has 12 spiro atoms. The van der Waals surface area contributed by atoms with E-state index in [0.29, 0.717) is 22.4 Å². The standard InChI is InChI=1S/C99H32N2O14/c1-108-79(102)93(80(103)109-2)87-59-30-25-28-50-48(59)49-51-29-26-31(60(49)87)37-39-33(26)68-54-56-70-35-27-34-40-41(35)66-47-45(64(39)90(66)92(68,70)95(90,83(106)112-5)84(107)113-6)43-42-44-46(47)65(40)89-63(44)38(36(30)61(42)88(87,93)62(37)43)32(25)67-53-55(69(34)91(67,89)94(89,81(104)110-3)82(105)111-4)71-52(27)72(56)99-86(58(29)54)74(51)73(50)85(57(28)53)77-19-13-7-9-15-21(19)96(114-77,98(71,85)99)75-76(101-24-18-12-11-17-23(24)100-75)97(99)22-16-10-8-14-20(22)78(86)115-97/h7-18,77-78H,1-6H3/t77-,78+,85?,86?,87?,88?,89?,90?,91?,92?,96-,97+,98?,99?. The number of fused-ring (bicyclic) bond motifs is 2. The second kappa shape index (κ2) is 11.5. The first-order chi connectivity index (χ1) is 56.4. The highest BCUT2D eigenvalue weighted by Crippen LogP contribution is 3.11. The lowest BCUT2D eigenvalue weighted by atomic mass is 9.22. The number of hydrogen-bond acceptors (Lipinski definition) is 16. The predicted octanol–water partition coefficient (Wildman–Crippen LogP) is 13.0. The number of esters is 6. The fourth-order valence-electron chi connectivity index (χ4n) is 41.9. The van der Waals surface area contributed by atoms with Crippen molar-refractivity contribution in [2.45, 2.75) is 77.6 Å². The normalized spacial score (nSPS) is 36.5. The van der Waals surface area contributed by atoms with Gasteiger partial charge in [0.05, 0.1) is 120 Å². The molecule has 16 aromatic carbocycles. The van der Waals surface area contributed by atoms with E-state index >= 15 is 28.8 Å². The van der Waals surface area contributed by atoms with Gasteiger partial charge >= 0.3 is 35.8 Å². The van der Waals surface area contributed by atoms with Gasteiger partial charge in [-0.25, -0.2) is 9.97 Å². The number of carbonyl (C=O) groups is 6. The largest absolute Gasteiger partial charge is 0.468 e. The van der Waals surface area contributed by atoms with E-state index in [-0.39, 0.29) is 0 Å². The molecule has 0 amide bonds. The fraction of sp³-hybridized carbons (Fsp3) is 0.232. The van der Waals surface area contributed by atoms with Crippen molar-refractivity contribution in [1.82, 2.24) is 9.97 Å². The smallest absolute Gasteiger partial charge is 0.325 e. The first-order valence-electron chi connectivity index (χ1n) is 40.6. The van der Waals surface area contributed by atoms with E-state index < -0.39 is 130 Å². The number of nitrogens with zero attached hydrogens (tertiary/aromatic N) is 2. The molecule has 16 heteroatoms. The van der Waals surface area contributed by atoms with Gasteiger partial charge in [0.25, 0.3) is 0 Å². The predicted molar refractivity (Wildman–Crippen MR) is 405 cm³/mol. The van der Waals surface area contributed by atoms with Gasteiger partial charge in [0.15, 0.2) is 27.4 Å². The maximum Gasteiger partial charge on any atom is 0.325 e. The van der Waals surface area contributed by atoms with Gasteiger partial charge in [-0.2, -0.15) is 0 Å². The van der Waals surface area contributed by atoms with Crippen molar-refractivity contribution < 1.29 is 66.7 Å². The van der Waals surface area contributed by atoms with Crippen LogP contribution >= 0.6 is 0 Å². The average Bonchev–Trinajstić information content (AvgIpc) is 1.32. The van der Waals surface area contributed by atoms with Crippen LogP contribution in [0.25, 0.3) is 185 Å². The minimum absolute atomic E-state index is 0.679. The number of hydrogen-bond donors (Lipinski definition) is 0. The third kappa shape index (κ3) is 2.54. The van der Waals surface area contributed by atoms with E-state index in [0.717, 1.165) is 285 Å². The Morgan fingerprint density at radius 1 is 0.270 bits per heavy atom. The quantitative estimate of drug-likeness (QED) is 0.0657. The van der Waals surface area contributed by atoms with Crippen LogP contribution in [-0.4, -0.2) is 88.4 Å². The number of carbonyl (C=O) groups excluding carboxylic acids is 6. The summed E-state index contributed by atoms with van der Waals surface area (Å²) in [5, 5.41) is 23.8. The SMILES string of the molecule is COC(=O)C1(C(=O)OC)C23c4c5c6c7c8c4c4c2c2c9c%10c4c4c%11c%12c%13c(c84)C74C(C(=O)OC)(C(=O)OC)C47c4c8c%14c%15c%16c%17c(c-5c%15c4-6)C13c1c-%17c3c4c5c6c%15c%17c%18c(c%12c%12c%17c(c-8c7c%13%12)C%157[C@H]8O[C@@]%12(c%13ccccc%138)c8nc%13ccccc%13nc8[C@]8%13O[C@H](c%15ccccc%158)C63C%16%13C%147%12)C3(c(c%185)c9c4c12)C(C(=O)OC)(C(=O)OC)C%10%113. The fourth-order valence-corrected chi connectivity index (χ4v) is 41.9. The summed E-state index contributed by atoms with van der Waals surface area (Å²) in [6.07, 6.45) is -1.61. The van der Waals surface area contributed by atoms with E-state index in [1.807, 2.05) is 0 Å². The van der Waals surface area contributed by atoms with Gasteiger partial charge in [-0.1, -0.05) is 60.7 Å². The second-order valence-electron chi connectivity index (χ2n) is 39.5. The minimum atomic E-state index is -2.18. The molecular weight excluding hydrogens is 1440 g/mol. The van der Waals surface area contributed by atoms with Crippen LogP contribution in [0.4, 0.5) is 0 Å². The summed E-state index contributed by atoms with van der Waals surface area (Å²) in [4.78, 5) is 120. The van der Waals surface area contributed by atoms with Crippen LogP contribution in [0.3, 0.4) is 0 Å². The summed E-state index contributed by atoms with van der Waals surface area (Å²) >= 11 is 0. The Morgan fingerprint density at radius 2 is 0.539 bits per heavy atom. The van der Waals surface area contributed by atoms with Crippen LogP contribution in [0.2, 0.25) is 0 Å². The summed E-state index contributed by atoms with van der Waals surface area (Å²) < 4.78 is 59.0. The number of rotatable bonds is 6. The Bertz CT molecular complexity index is 9090. The molecule has 17 aromatic rings. The van der Waals surface area contributed by atoms with Crippen molar-refractivity contribution in [2.75, 3.05) is 42.7 Å². The summed E-state index contributed by atoms with van der Waals surface area (Å²) in [5.41, 5.74) is 7.94. The monoisotopic (exact) mass is 1470 g/mol. The number of aromatic nitrogens is 2. The van der Waals surface area contributed by atoms with E-state index in [1.54, 1.807) is 0 Å². The van der Waals surface area contributed by atoms with Crippen LogP contribution in [0.5, 0.6) is 0 Å². The summed E-state index contributed by atoms with van der Waals surface area (Å²) in [5.74, 6) is -4.10. The molecular formula is C99H32N2O14. The van der Waals surface area contributed by atoms with E-state index in [9.17, 15) is 9.47 Å². The molecule has 29 aliphatic rings. The first-order valence-corrected chi connectivity index (χ1v) is 40.6. The lowest BCUT2D eigenvalue weighted by Gasteiger charge is -2.75. The lowest BCUT2D eigenvalue weighted by molar-refractivity contribution is -0.164. The Hall–Kier alpha value is -12.8. The van der Waals surface area contributed by atoms with Gasteiger partial charge in [-0.3, -0.25) is 28.8 Å². The van der Waals surface area contributed by atoms with Gasteiger partial charge in [0.2, 0.25) is 0 Å². The Kier molecular flexibility index (Phi) is 5.04. The molecule has 4 bridgehead atoms. The highest BCUT2D eigenvalue weighted by atomic mass is 16.6. The minimum Gasteiger partial charge on any atom is -0.468 e. The molecule has 5 fully saturated rings. The van der Waals surface area contributed by atoms with Crippen molar-refractivity contribution >= 4 is 176 Å². The van der Waals surface area contributed by atoms with Crippen molar-refractivity contribution in [2.24, 2.45) is 16.2 Å². The molecule has 46 rings (SSSR count). The van der Waals surface area contributed by atoms with Crippen molar-refractivity contribution in [3.63, 3.8) is 0 Å². The van der Waals surface area contributed by atoms with Crippen molar-refractivity contribution in [3.8, 4) is 44.5 Å². The van der Waals surface area contributed by atoms with Crippen molar-refractivity contribution in [3.05, 3.63) is 207 Å². The van der Waals surface area contributed by atoms with E-state index in [4.69, 9.17) is 38.4 Å². The van der Waals surface area contributed by atoms with E-state index in [2.05, 4.69) is 72.8 Å². The van der Waals surface area contributed by atoms with Gasteiger partial charge in [-0.05, 0) is 308 Å². The topological polar surface area (TPSA) is 202 Å². The van der Waals surface area contributed by atoms with Crippen LogP contribution in [-0.2, 0) is 132 Å². The molecule has 16 nitrogen and oxygen atoms in total. The Labute approximate surface area is 636 Å². The third-order valence-corrected chi connectivity index (χ3v) is 40.8. The highest BCUT2D eigenvalue weighted by Gasteiger charge is 3.12. The maximum absolute atomic E-state index is 17.9. The van der Waals surface area contributed by atoms with Crippen LogP contribution in [0.15, 0.2) is 72.8 Å². The summed E-state index contributed by atoms with van der Waals surface area (Å²) in [6.45, 7) is 0. The number of benzene rings is 14. The molecule has 4 aliphatic heterocycles. The molecule has 0 N–H and O–H groups in total. The maximum atomic E-state index is 17.9. The van der Waals surface area contributed by atoms with Gasteiger partial charge < -0.3 is 37.9 Å². The van der Waals surface area contributed by atoms with Gasteiger partial charge in [-0.15, -0.1) is 0 Å². The van der Waals surface area contributed by atoms with Crippen LogP contribution in [0, 0.1) is 16.2 Å². The molecule has 2 saturated heterocycles. The van der Waals surface area contributed by atoms with E-state index in [1.165, 1.54) is 53.8 Å². The van der Waals surface area contributed by atoms with Crippen molar-refractivity contribution in [1.29, 1.82) is 0 Å². The lowest BCUT2D eigenvalue weighted by Crippen LogP contribution is -2.83. The molecule has 5 heterocycles. The zero-order chi connectivity index (χ0) is 73.2. The number of ether oxygens (including phenoxy) is 8. The number of para-hydroxylation sites is 2. The first kappa shape index (κ1) is 50.4. The second-order valence-corrected chi connectivity index (χ2v) is 39.5. The molecule has 3 saturated carbocycles. The van der Waals surface area contributed by atoms with Gasteiger partial charge in [0, 0.05) is 0 Å². The average molecular weight is 1470 g/mol. The molecule has 14 atom stereocenters. The molecule has 0 radical (unpaired) electrons. The Morgan fingerprint density at radius 3 is 0.896 bits per heavy atom. The van der Waals surface area contributed by atoms with Crippen LogP contribution < -0.4 is 0 Å². The molecule has 522 valence electrons. The van der Waals surface area contributed by atoms with Crippen LogP contribution in [0.1, 0.15) is 146 Å². The summed E-state index contributed by atoms with van der Waals surface area (Å²) in [7, 11) is 8.69. The molecule has 1 aromatic heterocycles. The summed E-state index contributed by atoms with van der Waals surface area (Å²) in [6, 6.07) is 26.4. The zero-order valence-corrected chi connectivity index (χ0v) is 60.2. The molecule has 10 unspecified atom stereocenters. The molecule has 115 heavy (non-hydrogen) atoms. The zero-order valence-electron chi connectivity index (χ0n) is 60.2. The third-order valence-electron chi connectivity index (χ3n) is 40.8. The number of methoxy groups -OCH3 is 6. The molecule has 25 aliphatic carbocycles.